The van der Waals surface area contributed by atoms with Crippen molar-refractivity contribution < 1.29 is 27.9 Å². The number of benzene rings is 2. The Hall–Kier alpha value is -3.36. The zero-order valence-corrected chi connectivity index (χ0v) is 13.5. The van der Waals surface area contributed by atoms with Crippen molar-refractivity contribution in [1.29, 1.82) is 0 Å². The van der Waals surface area contributed by atoms with Gasteiger partial charge in [0.25, 0.3) is 5.91 Å². The molecule has 9 heteroatoms. The molecule has 0 aromatic heterocycles. The van der Waals surface area contributed by atoms with E-state index in [1.807, 2.05) is 0 Å². The average molecular weight is 365 g/mol. The van der Waals surface area contributed by atoms with Crippen molar-refractivity contribution in [3.05, 3.63) is 59.7 Å². The van der Waals surface area contributed by atoms with E-state index in [1.165, 1.54) is 37.3 Å². The standard InChI is InChI=1S/C17H14F3N3O3/c1-10(22-23-15(25)13-7-2-3-8-14(13)24)11-5-4-6-12(9-11)21-16(26)17(18,19)20/h2-9,24H,1H3,(H,21,26)(H,23,25). The fourth-order valence-electron chi connectivity index (χ4n) is 1.95. The monoisotopic (exact) mass is 365 g/mol. The van der Waals surface area contributed by atoms with Crippen LogP contribution >= 0.6 is 0 Å². The van der Waals surface area contributed by atoms with Gasteiger partial charge in [-0.1, -0.05) is 24.3 Å². The number of phenolic OH excluding ortho intramolecular Hbond substituents is 1. The Kier molecular flexibility index (Phi) is 5.61. The van der Waals surface area contributed by atoms with E-state index < -0.39 is 18.0 Å². The molecule has 2 aromatic carbocycles. The summed E-state index contributed by atoms with van der Waals surface area (Å²) in [5.41, 5.74) is 2.88. The minimum Gasteiger partial charge on any atom is -0.507 e. The van der Waals surface area contributed by atoms with Gasteiger partial charge in [0.2, 0.25) is 0 Å². The first-order valence-electron chi connectivity index (χ1n) is 7.29. The van der Waals surface area contributed by atoms with Crippen LogP contribution in [0.4, 0.5) is 18.9 Å². The minimum absolute atomic E-state index is 0.0234. The topological polar surface area (TPSA) is 90.8 Å². The Balaban J connectivity index is 2.12. The fraction of sp³-hybridized carbons (Fsp3) is 0.118. The molecule has 2 rings (SSSR count). The van der Waals surface area contributed by atoms with Crippen LogP contribution in [-0.4, -0.2) is 28.8 Å². The van der Waals surface area contributed by atoms with E-state index in [0.717, 1.165) is 0 Å². The Morgan fingerprint density at radius 3 is 2.42 bits per heavy atom. The highest BCUT2D eigenvalue weighted by atomic mass is 19.4. The summed E-state index contributed by atoms with van der Waals surface area (Å²) < 4.78 is 36.9. The van der Waals surface area contributed by atoms with Gasteiger partial charge < -0.3 is 10.4 Å². The maximum atomic E-state index is 12.3. The molecule has 0 spiro atoms. The maximum absolute atomic E-state index is 12.3. The van der Waals surface area contributed by atoms with Gasteiger partial charge in [-0.3, -0.25) is 9.59 Å². The van der Waals surface area contributed by atoms with Crippen LogP contribution in [-0.2, 0) is 4.79 Å². The molecule has 2 amide bonds. The number of nitrogens with zero attached hydrogens (tertiary/aromatic N) is 1. The lowest BCUT2D eigenvalue weighted by Gasteiger charge is -2.09. The largest absolute Gasteiger partial charge is 0.507 e. The molecule has 0 unspecified atom stereocenters. The molecule has 0 atom stereocenters. The van der Waals surface area contributed by atoms with Gasteiger partial charge >= 0.3 is 12.1 Å². The number of amides is 2. The van der Waals surface area contributed by atoms with Gasteiger partial charge in [0.15, 0.2) is 0 Å². The molecule has 26 heavy (non-hydrogen) atoms. The number of phenols is 1. The zero-order valence-electron chi connectivity index (χ0n) is 13.5. The van der Waals surface area contributed by atoms with E-state index in [1.54, 1.807) is 23.5 Å². The van der Waals surface area contributed by atoms with Gasteiger partial charge in [0.05, 0.1) is 11.3 Å². The van der Waals surface area contributed by atoms with Crippen LogP contribution in [0, 0.1) is 0 Å². The van der Waals surface area contributed by atoms with Crippen molar-refractivity contribution in [1.82, 2.24) is 5.43 Å². The highest BCUT2D eigenvalue weighted by Crippen LogP contribution is 2.19. The number of halogens is 3. The number of alkyl halides is 3. The van der Waals surface area contributed by atoms with Crippen LogP contribution in [0.5, 0.6) is 5.75 Å². The van der Waals surface area contributed by atoms with E-state index in [0.29, 0.717) is 5.56 Å². The van der Waals surface area contributed by atoms with Crippen molar-refractivity contribution in [2.75, 3.05) is 5.32 Å². The molecular weight excluding hydrogens is 351 g/mol. The van der Waals surface area contributed by atoms with Crippen molar-refractivity contribution in [2.24, 2.45) is 5.10 Å². The Labute approximate surface area is 146 Å². The molecule has 3 N–H and O–H groups in total. The Morgan fingerprint density at radius 1 is 1.08 bits per heavy atom. The smallest absolute Gasteiger partial charge is 0.471 e. The number of aromatic hydroxyl groups is 1. The number of hydrazone groups is 1. The Bertz CT molecular complexity index is 864. The molecule has 0 saturated carbocycles. The molecule has 0 aliphatic heterocycles. The molecule has 0 aliphatic rings. The van der Waals surface area contributed by atoms with Gasteiger partial charge in [-0.15, -0.1) is 0 Å². The molecule has 6 nitrogen and oxygen atoms in total. The normalized spacial score (nSPS) is 11.8. The second-order valence-corrected chi connectivity index (χ2v) is 5.19. The van der Waals surface area contributed by atoms with Crippen molar-refractivity contribution in [3.8, 4) is 5.75 Å². The lowest BCUT2D eigenvalue weighted by Crippen LogP contribution is -2.29. The molecule has 136 valence electrons. The second-order valence-electron chi connectivity index (χ2n) is 5.19. The van der Waals surface area contributed by atoms with Crippen LogP contribution in [0.25, 0.3) is 0 Å². The first-order chi connectivity index (χ1) is 12.2. The van der Waals surface area contributed by atoms with Crippen LogP contribution in [0.2, 0.25) is 0 Å². The SMILES string of the molecule is CC(=NNC(=O)c1ccccc1O)c1cccc(NC(=O)C(F)(F)F)c1. The quantitative estimate of drug-likeness (QED) is 0.575. The molecular formula is C17H14F3N3O3. The number of hydrogen-bond acceptors (Lipinski definition) is 4. The van der Waals surface area contributed by atoms with E-state index >= 15 is 0 Å². The van der Waals surface area contributed by atoms with Gasteiger partial charge in [0, 0.05) is 5.69 Å². The minimum atomic E-state index is -5.00. The molecule has 0 heterocycles. The highest BCUT2D eigenvalue weighted by Gasteiger charge is 2.38. The summed E-state index contributed by atoms with van der Waals surface area (Å²) in [5, 5.41) is 15.2. The maximum Gasteiger partial charge on any atom is 0.471 e. The molecule has 0 bridgehead atoms. The molecule has 0 saturated heterocycles. The molecule has 0 aliphatic carbocycles. The van der Waals surface area contributed by atoms with Crippen molar-refractivity contribution >= 4 is 23.2 Å². The fourth-order valence-corrected chi connectivity index (χ4v) is 1.95. The second kappa shape index (κ2) is 7.68. The van der Waals surface area contributed by atoms with Gasteiger partial charge in [0.1, 0.15) is 5.75 Å². The lowest BCUT2D eigenvalue weighted by molar-refractivity contribution is -0.167. The first-order valence-corrected chi connectivity index (χ1v) is 7.29. The Morgan fingerprint density at radius 2 is 1.77 bits per heavy atom. The lowest BCUT2D eigenvalue weighted by atomic mass is 10.1. The number of para-hydroxylation sites is 1. The highest BCUT2D eigenvalue weighted by molar-refractivity contribution is 6.03. The van der Waals surface area contributed by atoms with Crippen LogP contribution in [0.15, 0.2) is 53.6 Å². The average Bonchev–Trinajstić information content (AvgIpc) is 2.59. The summed E-state index contributed by atoms with van der Waals surface area (Å²) in [6, 6.07) is 11.4. The zero-order chi connectivity index (χ0) is 19.3. The summed E-state index contributed by atoms with van der Waals surface area (Å²) in [4.78, 5) is 22.9. The van der Waals surface area contributed by atoms with Crippen molar-refractivity contribution in [2.45, 2.75) is 13.1 Å². The number of carbonyl (C=O) groups is 2. The number of nitrogens with one attached hydrogen (secondary N) is 2. The predicted octanol–water partition coefficient (Wildman–Crippen LogP) is 3.05. The third kappa shape index (κ3) is 4.82. The number of hydrogen-bond donors (Lipinski definition) is 3. The van der Waals surface area contributed by atoms with E-state index in [9.17, 15) is 27.9 Å². The summed E-state index contributed by atoms with van der Waals surface area (Å²) in [5.74, 6) is -2.95. The molecule has 0 radical (unpaired) electrons. The third-order valence-electron chi connectivity index (χ3n) is 3.27. The van der Waals surface area contributed by atoms with E-state index in [4.69, 9.17) is 0 Å². The summed E-state index contributed by atoms with van der Waals surface area (Å²) in [7, 11) is 0. The molecule has 0 fully saturated rings. The van der Waals surface area contributed by atoms with Crippen LogP contribution < -0.4 is 10.7 Å². The predicted molar refractivity (Wildman–Crippen MR) is 88.9 cm³/mol. The number of carbonyl (C=O) groups excluding carboxylic acids is 2. The van der Waals surface area contributed by atoms with Gasteiger partial charge in [-0.2, -0.15) is 18.3 Å². The number of rotatable bonds is 4. The summed E-state index contributed by atoms with van der Waals surface area (Å²) in [6.07, 6.45) is -5.00. The van der Waals surface area contributed by atoms with Gasteiger partial charge in [-0.05, 0) is 36.8 Å². The van der Waals surface area contributed by atoms with E-state index in [2.05, 4.69) is 10.5 Å². The third-order valence-corrected chi connectivity index (χ3v) is 3.27. The molecule has 2 aromatic rings. The summed E-state index contributed by atoms with van der Waals surface area (Å²) in [6.45, 7) is 1.52. The van der Waals surface area contributed by atoms with E-state index in [-0.39, 0.29) is 22.7 Å². The van der Waals surface area contributed by atoms with Crippen molar-refractivity contribution in [3.63, 3.8) is 0 Å². The first kappa shape index (κ1) is 19.0. The number of anilines is 1. The van der Waals surface area contributed by atoms with Crippen LogP contribution in [0.3, 0.4) is 0 Å². The van der Waals surface area contributed by atoms with Gasteiger partial charge in [-0.25, -0.2) is 5.43 Å². The summed E-state index contributed by atoms with van der Waals surface area (Å²) >= 11 is 0. The van der Waals surface area contributed by atoms with Crippen LogP contribution in [0.1, 0.15) is 22.8 Å².